The van der Waals surface area contributed by atoms with E-state index < -0.39 is 15.4 Å². The van der Waals surface area contributed by atoms with Crippen LogP contribution < -0.4 is 0 Å². The summed E-state index contributed by atoms with van der Waals surface area (Å²) < 4.78 is 28.6. The fraction of sp³-hybridized carbons (Fsp3) is 0.643. The van der Waals surface area contributed by atoms with E-state index in [9.17, 15) is 13.5 Å². The number of piperidine rings is 1. The van der Waals surface area contributed by atoms with Gasteiger partial charge in [-0.1, -0.05) is 6.08 Å². The number of sulfonamides is 1. The third kappa shape index (κ3) is 3.04. The van der Waals surface area contributed by atoms with Gasteiger partial charge in [0.25, 0.3) is 0 Å². The third-order valence-corrected chi connectivity index (χ3v) is 6.07. The topological polar surface area (TPSA) is 75.4 Å². The molecule has 2 rings (SSSR count). The highest BCUT2D eigenvalue weighted by Gasteiger charge is 2.39. The summed E-state index contributed by atoms with van der Waals surface area (Å²) >= 11 is 0. The lowest BCUT2D eigenvalue weighted by molar-refractivity contribution is 0.0669. The number of rotatable bonds is 5. The molecule has 0 aliphatic carbocycles. The SMILES string of the molecule is C=CCC1(CO)CCCN(S(=O)(=O)c2cn(C)nc2C)C1. The summed E-state index contributed by atoms with van der Waals surface area (Å²) in [6, 6.07) is 0. The predicted octanol–water partition coefficient (Wildman–Crippen LogP) is 1.07. The smallest absolute Gasteiger partial charge is 0.246 e. The Balaban J connectivity index is 2.32. The largest absolute Gasteiger partial charge is 0.396 e. The zero-order chi connectivity index (χ0) is 15.7. The first-order valence-corrected chi connectivity index (χ1v) is 8.51. The second kappa shape index (κ2) is 5.90. The van der Waals surface area contributed by atoms with Crippen LogP contribution in [-0.2, 0) is 17.1 Å². The van der Waals surface area contributed by atoms with Crippen molar-refractivity contribution in [3.05, 3.63) is 24.5 Å². The second-order valence-electron chi connectivity index (χ2n) is 5.85. The fourth-order valence-corrected chi connectivity index (χ4v) is 4.80. The summed E-state index contributed by atoms with van der Waals surface area (Å²) in [6.07, 6.45) is 5.46. The number of allylic oxidation sites excluding steroid dienone is 1. The van der Waals surface area contributed by atoms with Crippen molar-refractivity contribution in [1.29, 1.82) is 0 Å². The van der Waals surface area contributed by atoms with Crippen LogP contribution in [0.4, 0.5) is 0 Å². The zero-order valence-corrected chi connectivity index (χ0v) is 13.4. The zero-order valence-electron chi connectivity index (χ0n) is 12.6. The van der Waals surface area contributed by atoms with E-state index in [4.69, 9.17) is 0 Å². The van der Waals surface area contributed by atoms with Gasteiger partial charge in [0.15, 0.2) is 0 Å². The molecule has 1 aliphatic heterocycles. The van der Waals surface area contributed by atoms with Gasteiger partial charge in [-0.3, -0.25) is 4.68 Å². The summed E-state index contributed by atoms with van der Waals surface area (Å²) in [5.74, 6) is 0. The van der Waals surface area contributed by atoms with Crippen molar-refractivity contribution in [2.24, 2.45) is 12.5 Å². The quantitative estimate of drug-likeness (QED) is 0.825. The highest BCUT2D eigenvalue weighted by Crippen LogP contribution is 2.36. The monoisotopic (exact) mass is 313 g/mol. The van der Waals surface area contributed by atoms with Crippen LogP contribution in [0.2, 0.25) is 0 Å². The minimum atomic E-state index is -3.57. The molecule has 0 amide bonds. The number of aliphatic hydroxyl groups excluding tert-OH is 1. The molecule has 0 radical (unpaired) electrons. The van der Waals surface area contributed by atoms with Gasteiger partial charge in [0.1, 0.15) is 4.90 Å². The van der Waals surface area contributed by atoms with Crippen LogP contribution >= 0.6 is 0 Å². The second-order valence-corrected chi connectivity index (χ2v) is 7.75. The molecule has 1 fully saturated rings. The lowest BCUT2D eigenvalue weighted by Gasteiger charge is -2.40. The van der Waals surface area contributed by atoms with Crippen molar-refractivity contribution in [3.63, 3.8) is 0 Å². The van der Waals surface area contributed by atoms with Crippen molar-refractivity contribution in [2.45, 2.75) is 31.1 Å². The summed E-state index contributed by atoms with van der Waals surface area (Å²) in [5.41, 5.74) is 0.0878. The van der Waals surface area contributed by atoms with Crippen molar-refractivity contribution in [1.82, 2.24) is 14.1 Å². The van der Waals surface area contributed by atoms with E-state index in [0.717, 1.165) is 12.8 Å². The number of aromatic nitrogens is 2. The van der Waals surface area contributed by atoms with Gasteiger partial charge in [-0.2, -0.15) is 9.40 Å². The first-order valence-electron chi connectivity index (χ1n) is 7.07. The molecule has 0 saturated carbocycles. The Kier molecular flexibility index (Phi) is 4.55. The van der Waals surface area contributed by atoms with Crippen molar-refractivity contribution in [2.75, 3.05) is 19.7 Å². The molecule has 21 heavy (non-hydrogen) atoms. The Morgan fingerprint density at radius 2 is 2.29 bits per heavy atom. The van der Waals surface area contributed by atoms with Gasteiger partial charge in [0, 0.05) is 31.7 Å². The summed E-state index contributed by atoms with van der Waals surface area (Å²) in [6.45, 7) is 6.19. The molecule has 1 unspecified atom stereocenters. The van der Waals surface area contributed by atoms with Crippen LogP contribution in [0.1, 0.15) is 25.0 Å². The van der Waals surface area contributed by atoms with Crippen LogP contribution in [-0.4, -0.2) is 47.3 Å². The molecule has 1 aromatic rings. The van der Waals surface area contributed by atoms with Crippen molar-refractivity contribution >= 4 is 10.0 Å². The highest BCUT2D eigenvalue weighted by atomic mass is 32.2. The number of hydrogen-bond donors (Lipinski definition) is 1. The Morgan fingerprint density at radius 3 is 2.81 bits per heavy atom. The van der Waals surface area contributed by atoms with Crippen molar-refractivity contribution in [3.8, 4) is 0 Å². The average molecular weight is 313 g/mol. The molecule has 0 spiro atoms. The van der Waals surface area contributed by atoms with E-state index in [-0.39, 0.29) is 11.5 Å². The molecule has 6 nitrogen and oxygen atoms in total. The molecular formula is C14H23N3O3S. The maximum absolute atomic E-state index is 12.8. The van der Waals surface area contributed by atoms with E-state index in [2.05, 4.69) is 11.7 Å². The first-order chi connectivity index (χ1) is 9.84. The number of aliphatic hydroxyl groups is 1. The summed E-state index contributed by atoms with van der Waals surface area (Å²) in [5, 5.41) is 13.8. The fourth-order valence-electron chi connectivity index (χ4n) is 3.00. The molecule has 0 bridgehead atoms. The summed E-state index contributed by atoms with van der Waals surface area (Å²) in [4.78, 5) is 0.248. The molecule has 0 aromatic carbocycles. The standard InChI is InChI=1S/C14H23N3O3S/c1-4-6-14(11-18)7-5-8-17(10-14)21(19,20)13-9-16(3)15-12(13)2/h4,9,18H,1,5-8,10-11H2,2-3H3. The van der Waals surface area contributed by atoms with Gasteiger partial charge in [-0.05, 0) is 26.2 Å². The van der Waals surface area contributed by atoms with Gasteiger partial charge in [0.05, 0.1) is 12.3 Å². The van der Waals surface area contributed by atoms with E-state index in [0.29, 0.717) is 25.2 Å². The highest BCUT2D eigenvalue weighted by molar-refractivity contribution is 7.89. The van der Waals surface area contributed by atoms with Crippen LogP contribution in [0.3, 0.4) is 0 Å². The molecule has 118 valence electrons. The Morgan fingerprint density at radius 1 is 1.57 bits per heavy atom. The minimum absolute atomic E-state index is 0.0307. The molecule has 2 heterocycles. The molecule has 1 atom stereocenters. The summed E-state index contributed by atoms with van der Waals surface area (Å²) in [7, 11) is -1.86. The maximum Gasteiger partial charge on any atom is 0.246 e. The van der Waals surface area contributed by atoms with Gasteiger partial charge in [-0.15, -0.1) is 6.58 Å². The van der Waals surface area contributed by atoms with E-state index in [1.165, 1.54) is 15.2 Å². The van der Waals surface area contributed by atoms with Gasteiger partial charge in [0.2, 0.25) is 10.0 Å². The Labute approximate surface area is 126 Å². The molecular weight excluding hydrogens is 290 g/mol. The number of aryl methyl sites for hydroxylation is 2. The Hall–Kier alpha value is -1.18. The van der Waals surface area contributed by atoms with E-state index >= 15 is 0 Å². The number of nitrogens with zero attached hydrogens (tertiary/aromatic N) is 3. The molecule has 1 aromatic heterocycles. The Bertz CT molecular complexity index is 623. The normalized spacial score (nSPS) is 24.1. The minimum Gasteiger partial charge on any atom is -0.396 e. The average Bonchev–Trinajstić information content (AvgIpc) is 2.79. The van der Waals surface area contributed by atoms with Gasteiger partial charge in [-0.25, -0.2) is 8.42 Å². The predicted molar refractivity (Wildman–Crippen MR) is 80.3 cm³/mol. The van der Waals surface area contributed by atoms with Crippen LogP contribution in [0.15, 0.2) is 23.7 Å². The molecule has 7 heteroatoms. The number of hydrogen-bond acceptors (Lipinski definition) is 4. The maximum atomic E-state index is 12.8. The van der Waals surface area contributed by atoms with E-state index in [1.807, 2.05) is 0 Å². The first kappa shape index (κ1) is 16.2. The molecule has 1 saturated heterocycles. The lowest BCUT2D eigenvalue weighted by atomic mass is 9.79. The van der Waals surface area contributed by atoms with E-state index in [1.54, 1.807) is 20.0 Å². The van der Waals surface area contributed by atoms with Crippen LogP contribution in [0.5, 0.6) is 0 Å². The third-order valence-electron chi connectivity index (χ3n) is 4.13. The van der Waals surface area contributed by atoms with Gasteiger partial charge >= 0.3 is 0 Å². The molecule has 1 N–H and O–H groups in total. The van der Waals surface area contributed by atoms with Gasteiger partial charge < -0.3 is 5.11 Å². The lowest BCUT2D eigenvalue weighted by Crippen LogP contribution is -2.47. The van der Waals surface area contributed by atoms with Crippen LogP contribution in [0, 0.1) is 12.3 Å². The van der Waals surface area contributed by atoms with Crippen molar-refractivity contribution < 1.29 is 13.5 Å². The molecule has 1 aliphatic rings. The van der Waals surface area contributed by atoms with Crippen LogP contribution in [0.25, 0.3) is 0 Å².